The summed E-state index contributed by atoms with van der Waals surface area (Å²) in [7, 11) is 2.00. The van der Waals surface area contributed by atoms with Gasteiger partial charge in [0, 0.05) is 31.3 Å². The van der Waals surface area contributed by atoms with Gasteiger partial charge in [-0.15, -0.1) is 0 Å². The molecule has 1 heterocycles. The third kappa shape index (κ3) is 2.27. The first-order valence-electron chi connectivity index (χ1n) is 7.42. The van der Waals surface area contributed by atoms with Crippen LogP contribution in [-0.2, 0) is 18.9 Å². The van der Waals surface area contributed by atoms with Crippen molar-refractivity contribution in [3.63, 3.8) is 0 Å². The number of imidazole rings is 1. The van der Waals surface area contributed by atoms with Crippen LogP contribution in [0.4, 0.5) is 0 Å². The maximum Gasteiger partial charge on any atom is 0.108 e. The number of aromatic nitrogens is 2. The molecule has 1 saturated carbocycles. The van der Waals surface area contributed by atoms with Gasteiger partial charge in [-0.05, 0) is 24.8 Å². The minimum atomic E-state index is -0.282. The Hall–Kier alpha value is -1.61. The minimum Gasteiger partial charge on any atom is -0.392 e. The predicted octanol–water partition coefficient (Wildman–Crippen LogP) is 2.84. The van der Waals surface area contributed by atoms with Crippen molar-refractivity contribution in [1.29, 1.82) is 0 Å². The van der Waals surface area contributed by atoms with Gasteiger partial charge in [0.25, 0.3) is 0 Å². The topological polar surface area (TPSA) is 38.0 Å². The van der Waals surface area contributed by atoms with Crippen LogP contribution >= 0.6 is 0 Å². The zero-order valence-electron chi connectivity index (χ0n) is 12.0. The Morgan fingerprint density at radius 1 is 1.30 bits per heavy atom. The number of hydrogen-bond acceptors (Lipinski definition) is 2. The molecule has 1 fully saturated rings. The van der Waals surface area contributed by atoms with Gasteiger partial charge in [0.1, 0.15) is 5.82 Å². The lowest BCUT2D eigenvalue weighted by atomic mass is 9.60. The summed E-state index contributed by atoms with van der Waals surface area (Å²) in [5, 5.41) is 10.7. The SMILES string of the molecule is Cn1ccnc1CCC(O)C1(c2ccccc2)CCC1. The molecule has 0 aliphatic heterocycles. The van der Waals surface area contributed by atoms with Gasteiger partial charge < -0.3 is 9.67 Å². The van der Waals surface area contributed by atoms with Crippen LogP contribution in [0, 0.1) is 0 Å². The monoisotopic (exact) mass is 270 g/mol. The third-order valence-corrected chi connectivity index (χ3v) is 4.79. The van der Waals surface area contributed by atoms with E-state index < -0.39 is 0 Å². The van der Waals surface area contributed by atoms with Gasteiger partial charge in [-0.1, -0.05) is 36.8 Å². The molecule has 3 nitrogen and oxygen atoms in total. The molecule has 1 N–H and O–H groups in total. The summed E-state index contributed by atoms with van der Waals surface area (Å²) in [6.07, 6.45) is 8.51. The number of rotatable bonds is 5. The quantitative estimate of drug-likeness (QED) is 0.907. The lowest BCUT2D eigenvalue weighted by molar-refractivity contribution is 0.0220. The molecule has 1 unspecified atom stereocenters. The van der Waals surface area contributed by atoms with Crippen molar-refractivity contribution < 1.29 is 5.11 Å². The number of hydrogen-bond donors (Lipinski definition) is 1. The van der Waals surface area contributed by atoms with Crippen LogP contribution in [0.5, 0.6) is 0 Å². The van der Waals surface area contributed by atoms with Crippen molar-refractivity contribution in [2.45, 2.75) is 43.6 Å². The van der Waals surface area contributed by atoms with Crippen LogP contribution in [0.3, 0.4) is 0 Å². The lowest BCUT2D eigenvalue weighted by Crippen LogP contribution is -2.45. The molecular weight excluding hydrogens is 248 g/mol. The van der Waals surface area contributed by atoms with Gasteiger partial charge in [0.2, 0.25) is 0 Å². The maximum absolute atomic E-state index is 10.7. The molecule has 1 aliphatic rings. The molecule has 1 aromatic heterocycles. The molecule has 3 rings (SSSR count). The summed E-state index contributed by atoms with van der Waals surface area (Å²) >= 11 is 0. The Bertz CT molecular complexity index is 557. The van der Waals surface area contributed by atoms with Gasteiger partial charge in [0.15, 0.2) is 0 Å². The highest BCUT2D eigenvalue weighted by Crippen LogP contribution is 2.47. The summed E-state index contributed by atoms with van der Waals surface area (Å²) in [4.78, 5) is 4.34. The molecule has 0 saturated heterocycles. The molecule has 1 atom stereocenters. The molecule has 0 spiro atoms. The second-order valence-corrected chi connectivity index (χ2v) is 5.88. The van der Waals surface area contributed by atoms with Crippen LogP contribution < -0.4 is 0 Å². The van der Waals surface area contributed by atoms with Crippen LogP contribution in [-0.4, -0.2) is 20.8 Å². The summed E-state index contributed by atoms with van der Waals surface area (Å²) in [5.74, 6) is 1.05. The average molecular weight is 270 g/mol. The van der Waals surface area contributed by atoms with E-state index in [0.717, 1.165) is 31.5 Å². The number of aryl methyl sites for hydroxylation is 2. The predicted molar refractivity (Wildman–Crippen MR) is 79.5 cm³/mol. The van der Waals surface area contributed by atoms with E-state index >= 15 is 0 Å². The van der Waals surface area contributed by atoms with E-state index in [2.05, 4.69) is 29.2 Å². The standard InChI is InChI=1S/C17H22N2O/c1-19-13-12-18-16(19)9-8-15(20)17(10-5-11-17)14-6-3-2-4-7-14/h2-4,6-7,12-13,15,20H,5,8-11H2,1H3. The van der Waals surface area contributed by atoms with E-state index in [-0.39, 0.29) is 11.5 Å². The first-order chi connectivity index (χ1) is 9.72. The van der Waals surface area contributed by atoms with E-state index in [4.69, 9.17) is 0 Å². The molecule has 20 heavy (non-hydrogen) atoms. The van der Waals surface area contributed by atoms with Gasteiger partial charge >= 0.3 is 0 Å². The van der Waals surface area contributed by atoms with Crippen molar-refractivity contribution in [3.05, 3.63) is 54.1 Å². The molecule has 2 aromatic rings. The molecular formula is C17H22N2O. The molecule has 1 aliphatic carbocycles. The number of benzene rings is 1. The van der Waals surface area contributed by atoms with E-state index in [9.17, 15) is 5.11 Å². The Labute approximate surface area is 120 Å². The van der Waals surface area contributed by atoms with Crippen LogP contribution in [0.1, 0.15) is 37.1 Å². The average Bonchev–Trinajstić information content (AvgIpc) is 2.82. The van der Waals surface area contributed by atoms with Gasteiger partial charge in [-0.25, -0.2) is 4.98 Å². The lowest BCUT2D eigenvalue weighted by Gasteiger charge is -2.46. The van der Waals surface area contributed by atoms with Crippen molar-refractivity contribution in [3.8, 4) is 0 Å². The molecule has 0 radical (unpaired) electrons. The second kappa shape index (κ2) is 5.41. The van der Waals surface area contributed by atoms with Crippen LogP contribution in [0.25, 0.3) is 0 Å². The molecule has 0 bridgehead atoms. The number of nitrogens with zero attached hydrogens (tertiary/aromatic N) is 2. The molecule has 106 valence electrons. The maximum atomic E-state index is 10.7. The fourth-order valence-electron chi connectivity index (χ4n) is 3.32. The fraction of sp³-hybridized carbons (Fsp3) is 0.471. The van der Waals surface area contributed by atoms with Gasteiger partial charge in [0.05, 0.1) is 6.10 Å². The van der Waals surface area contributed by atoms with Gasteiger partial charge in [-0.2, -0.15) is 0 Å². The summed E-state index contributed by atoms with van der Waals surface area (Å²) < 4.78 is 2.03. The van der Waals surface area contributed by atoms with E-state index in [1.165, 1.54) is 12.0 Å². The highest BCUT2D eigenvalue weighted by Gasteiger charge is 2.44. The van der Waals surface area contributed by atoms with E-state index in [0.29, 0.717) is 0 Å². The molecule has 3 heteroatoms. The Balaban J connectivity index is 1.72. The van der Waals surface area contributed by atoms with E-state index in [1.807, 2.05) is 30.1 Å². The van der Waals surface area contributed by atoms with Crippen molar-refractivity contribution in [1.82, 2.24) is 9.55 Å². The summed E-state index contributed by atoms with van der Waals surface area (Å²) in [6, 6.07) is 10.5. The second-order valence-electron chi connectivity index (χ2n) is 5.88. The van der Waals surface area contributed by atoms with Crippen molar-refractivity contribution >= 4 is 0 Å². The first-order valence-corrected chi connectivity index (χ1v) is 7.42. The summed E-state index contributed by atoms with van der Waals surface area (Å²) in [5.41, 5.74) is 1.27. The third-order valence-electron chi connectivity index (χ3n) is 4.79. The minimum absolute atomic E-state index is 0.0214. The fourth-order valence-corrected chi connectivity index (χ4v) is 3.32. The Morgan fingerprint density at radius 3 is 2.60 bits per heavy atom. The first kappa shape index (κ1) is 13.4. The molecule has 1 aromatic carbocycles. The zero-order chi connectivity index (χ0) is 14.0. The van der Waals surface area contributed by atoms with Gasteiger partial charge in [-0.3, -0.25) is 0 Å². The number of aliphatic hydroxyl groups excluding tert-OH is 1. The van der Waals surface area contributed by atoms with Crippen molar-refractivity contribution in [2.24, 2.45) is 7.05 Å². The van der Waals surface area contributed by atoms with Crippen molar-refractivity contribution in [2.75, 3.05) is 0 Å². The highest BCUT2D eigenvalue weighted by atomic mass is 16.3. The Kier molecular flexibility index (Phi) is 3.62. The summed E-state index contributed by atoms with van der Waals surface area (Å²) in [6.45, 7) is 0. The Morgan fingerprint density at radius 2 is 2.05 bits per heavy atom. The smallest absolute Gasteiger partial charge is 0.108 e. The molecule has 0 amide bonds. The largest absolute Gasteiger partial charge is 0.392 e. The van der Waals surface area contributed by atoms with Crippen LogP contribution in [0.2, 0.25) is 0 Å². The van der Waals surface area contributed by atoms with Crippen LogP contribution in [0.15, 0.2) is 42.7 Å². The zero-order valence-corrected chi connectivity index (χ0v) is 12.0. The van der Waals surface area contributed by atoms with E-state index in [1.54, 1.807) is 0 Å². The normalized spacial score (nSPS) is 18.5. The number of aliphatic hydroxyl groups is 1. The highest BCUT2D eigenvalue weighted by molar-refractivity contribution is 5.29.